The minimum Gasteiger partial charge on any atom is -0.353 e. The van der Waals surface area contributed by atoms with Crippen LogP contribution in [0, 0.1) is 6.92 Å². The molecule has 1 atom stereocenters. The van der Waals surface area contributed by atoms with Crippen molar-refractivity contribution in [1.82, 2.24) is 20.2 Å². The monoisotopic (exact) mass is 350 g/mol. The van der Waals surface area contributed by atoms with Crippen LogP contribution in [0.5, 0.6) is 0 Å². The van der Waals surface area contributed by atoms with Gasteiger partial charge in [0, 0.05) is 18.7 Å². The summed E-state index contributed by atoms with van der Waals surface area (Å²) in [4.78, 5) is 28.9. The van der Waals surface area contributed by atoms with Crippen LogP contribution in [-0.4, -0.2) is 34.0 Å². The van der Waals surface area contributed by atoms with Gasteiger partial charge in [0.1, 0.15) is 11.9 Å². The highest BCUT2D eigenvalue weighted by Gasteiger charge is 2.16. The minimum atomic E-state index is -0.608. The molecule has 1 heterocycles. The molecule has 3 aromatic rings. The number of nitrogens with zero attached hydrogens (tertiary/aromatic N) is 2. The Morgan fingerprint density at radius 2 is 1.77 bits per heavy atom. The van der Waals surface area contributed by atoms with Crippen molar-refractivity contribution in [2.75, 3.05) is 6.54 Å². The summed E-state index contributed by atoms with van der Waals surface area (Å²) in [5, 5.41) is 5.58. The quantitative estimate of drug-likeness (QED) is 0.716. The molecule has 6 nitrogen and oxygen atoms in total. The van der Waals surface area contributed by atoms with Gasteiger partial charge in [-0.3, -0.25) is 9.59 Å². The maximum Gasteiger partial charge on any atom is 0.251 e. The largest absolute Gasteiger partial charge is 0.353 e. The molecule has 0 fully saturated rings. The number of nitrogens with one attached hydrogen (secondary N) is 2. The van der Waals surface area contributed by atoms with E-state index in [1.165, 1.54) is 0 Å². The van der Waals surface area contributed by atoms with Crippen molar-refractivity contribution >= 4 is 22.8 Å². The fourth-order valence-corrected chi connectivity index (χ4v) is 2.86. The number of rotatable bonds is 6. The lowest BCUT2D eigenvalue weighted by Gasteiger charge is -2.15. The number of imidazole rings is 1. The number of carbonyl (C=O) groups excluding carboxylic acids is 2. The van der Waals surface area contributed by atoms with E-state index in [9.17, 15) is 9.59 Å². The van der Waals surface area contributed by atoms with Gasteiger partial charge in [-0.25, -0.2) is 4.98 Å². The first-order valence-electron chi connectivity index (χ1n) is 8.62. The standard InChI is InChI=1S/C20H22N4O2/c1-14(22-20(26)16-8-4-3-5-9-16)19(25)21-12-13-24-15(2)23-17-10-6-7-11-18(17)24/h3-11,14H,12-13H2,1-2H3,(H,21,25)(H,22,26). The molecule has 26 heavy (non-hydrogen) atoms. The second-order valence-electron chi connectivity index (χ2n) is 6.15. The van der Waals surface area contributed by atoms with Crippen LogP contribution in [0.1, 0.15) is 23.1 Å². The smallest absolute Gasteiger partial charge is 0.251 e. The Hall–Kier alpha value is -3.15. The summed E-state index contributed by atoms with van der Waals surface area (Å²) in [5.41, 5.74) is 2.53. The number of hydrogen-bond acceptors (Lipinski definition) is 3. The van der Waals surface area contributed by atoms with E-state index >= 15 is 0 Å². The van der Waals surface area contributed by atoms with Crippen molar-refractivity contribution in [2.24, 2.45) is 0 Å². The highest BCUT2D eigenvalue weighted by Crippen LogP contribution is 2.14. The van der Waals surface area contributed by atoms with Gasteiger partial charge < -0.3 is 15.2 Å². The first-order chi connectivity index (χ1) is 12.6. The summed E-state index contributed by atoms with van der Waals surface area (Å²) >= 11 is 0. The maximum absolute atomic E-state index is 12.2. The third-order valence-electron chi connectivity index (χ3n) is 4.26. The first kappa shape index (κ1) is 17.7. The van der Waals surface area contributed by atoms with Crippen molar-refractivity contribution in [2.45, 2.75) is 26.4 Å². The molecule has 0 aliphatic rings. The average molecular weight is 350 g/mol. The van der Waals surface area contributed by atoms with Crippen LogP contribution in [0.4, 0.5) is 0 Å². The molecule has 0 radical (unpaired) electrons. The Bertz CT molecular complexity index is 918. The third kappa shape index (κ3) is 3.91. The SMILES string of the molecule is Cc1nc2ccccc2n1CCNC(=O)C(C)NC(=O)c1ccccc1. The molecule has 1 unspecified atom stereocenters. The molecule has 6 heteroatoms. The van der Waals surface area contributed by atoms with E-state index in [-0.39, 0.29) is 11.8 Å². The molecule has 0 saturated heterocycles. The summed E-state index contributed by atoms with van der Waals surface area (Å²) in [5.74, 6) is 0.437. The second-order valence-corrected chi connectivity index (χ2v) is 6.15. The lowest BCUT2D eigenvalue weighted by Crippen LogP contribution is -2.45. The Morgan fingerprint density at radius 1 is 1.08 bits per heavy atom. The Morgan fingerprint density at radius 3 is 2.54 bits per heavy atom. The summed E-state index contributed by atoms with van der Waals surface area (Å²) < 4.78 is 2.07. The van der Waals surface area contributed by atoms with Crippen LogP contribution < -0.4 is 10.6 Å². The molecule has 0 bridgehead atoms. The van der Waals surface area contributed by atoms with Crippen LogP contribution in [0.2, 0.25) is 0 Å². The first-order valence-corrected chi connectivity index (χ1v) is 8.62. The van der Waals surface area contributed by atoms with Crippen LogP contribution in [0.3, 0.4) is 0 Å². The van der Waals surface area contributed by atoms with Gasteiger partial charge in [0.05, 0.1) is 11.0 Å². The predicted octanol–water partition coefficient (Wildman–Crippen LogP) is 2.28. The van der Waals surface area contributed by atoms with Gasteiger partial charge >= 0.3 is 0 Å². The fourth-order valence-electron chi connectivity index (χ4n) is 2.86. The maximum atomic E-state index is 12.2. The molecular formula is C20H22N4O2. The van der Waals surface area contributed by atoms with Crippen molar-refractivity contribution in [1.29, 1.82) is 0 Å². The molecule has 2 aromatic carbocycles. The molecule has 0 aliphatic heterocycles. The number of benzene rings is 2. The van der Waals surface area contributed by atoms with Crippen molar-refractivity contribution in [3.05, 3.63) is 66.0 Å². The molecule has 0 saturated carbocycles. The average Bonchev–Trinajstić information content (AvgIpc) is 2.97. The highest BCUT2D eigenvalue weighted by atomic mass is 16.2. The Kier molecular flexibility index (Phi) is 5.31. The van der Waals surface area contributed by atoms with Crippen molar-refractivity contribution in [3.63, 3.8) is 0 Å². The van der Waals surface area contributed by atoms with E-state index in [0.717, 1.165) is 16.9 Å². The predicted molar refractivity (Wildman–Crippen MR) is 101 cm³/mol. The van der Waals surface area contributed by atoms with Gasteiger partial charge in [0.15, 0.2) is 0 Å². The van der Waals surface area contributed by atoms with Gasteiger partial charge in [0.2, 0.25) is 5.91 Å². The van der Waals surface area contributed by atoms with E-state index in [4.69, 9.17) is 0 Å². The van der Waals surface area contributed by atoms with Crippen molar-refractivity contribution < 1.29 is 9.59 Å². The van der Waals surface area contributed by atoms with E-state index in [1.807, 2.05) is 37.3 Å². The zero-order valence-electron chi connectivity index (χ0n) is 14.9. The molecule has 0 aliphatic carbocycles. The zero-order chi connectivity index (χ0) is 18.5. The molecule has 0 spiro atoms. The normalized spacial score (nSPS) is 11.9. The molecule has 1 aromatic heterocycles. The van der Waals surface area contributed by atoms with Crippen LogP contribution >= 0.6 is 0 Å². The van der Waals surface area contributed by atoms with Gasteiger partial charge in [-0.05, 0) is 38.1 Å². The number of aromatic nitrogens is 2. The number of carbonyl (C=O) groups is 2. The van der Waals surface area contributed by atoms with Gasteiger partial charge in [-0.1, -0.05) is 30.3 Å². The van der Waals surface area contributed by atoms with Crippen molar-refractivity contribution in [3.8, 4) is 0 Å². The van der Waals surface area contributed by atoms with Crippen LogP contribution in [0.25, 0.3) is 11.0 Å². The van der Waals surface area contributed by atoms with E-state index in [1.54, 1.807) is 31.2 Å². The number of para-hydroxylation sites is 2. The third-order valence-corrected chi connectivity index (χ3v) is 4.26. The lowest BCUT2D eigenvalue weighted by atomic mass is 10.2. The molecule has 2 N–H and O–H groups in total. The van der Waals surface area contributed by atoms with Gasteiger partial charge in [-0.15, -0.1) is 0 Å². The summed E-state index contributed by atoms with van der Waals surface area (Å²) in [7, 11) is 0. The molecule has 134 valence electrons. The summed E-state index contributed by atoms with van der Waals surface area (Å²) in [6, 6.07) is 16.2. The summed E-state index contributed by atoms with van der Waals surface area (Å²) in [6.07, 6.45) is 0. The zero-order valence-corrected chi connectivity index (χ0v) is 14.9. The number of aryl methyl sites for hydroxylation is 1. The van der Waals surface area contributed by atoms with Crippen LogP contribution in [-0.2, 0) is 11.3 Å². The van der Waals surface area contributed by atoms with E-state index in [2.05, 4.69) is 20.2 Å². The molecule has 3 rings (SSSR count). The van der Waals surface area contributed by atoms with Gasteiger partial charge in [0.25, 0.3) is 5.91 Å². The number of fused-ring (bicyclic) bond motifs is 1. The Balaban J connectivity index is 1.53. The van der Waals surface area contributed by atoms with E-state index in [0.29, 0.717) is 18.7 Å². The number of amides is 2. The topological polar surface area (TPSA) is 76.0 Å². The number of hydrogen-bond donors (Lipinski definition) is 2. The van der Waals surface area contributed by atoms with Crippen LogP contribution in [0.15, 0.2) is 54.6 Å². The minimum absolute atomic E-state index is 0.212. The summed E-state index contributed by atoms with van der Waals surface area (Å²) in [6.45, 7) is 4.71. The van der Waals surface area contributed by atoms with E-state index < -0.39 is 6.04 Å². The molecule has 2 amide bonds. The lowest BCUT2D eigenvalue weighted by molar-refractivity contribution is -0.122. The second kappa shape index (κ2) is 7.82. The Labute approximate surface area is 152 Å². The molecular weight excluding hydrogens is 328 g/mol. The fraction of sp³-hybridized carbons (Fsp3) is 0.250. The van der Waals surface area contributed by atoms with Gasteiger partial charge in [-0.2, -0.15) is 0 Å². The highest BCUT2D eigenvalue weighted by molar-refractivity contribution is 5.97.